The smallest absolute Gasteiger partial charge is 0.332 e. The molecule has 0 unspecified atom stereocenters. The Labute approximate surface area is 156 Å². The predicted octanol–water partition coefficient (Wildman–Crippen LogP) is 0.718. The molecule has 0 aromatic carbocycles. The molecule has 0 N–H and O–H groups in total. The summed E-state index contributed by atoms with van der Waals surface area (Å²) in [5.74, 6) is 0.711. The molecule has 0 bridgehead atoms. The maximum absolute atomic E-state index is 12.8. The largest absolute Gasteiger partial charge is 0.340 e. The third kappa shape index (κ3) is 3.19. The van der Waals surface area contributed by atoms with E-state index in [1.165, 1.54) is 11.6 Å². The third-order valence-corrected chi connectivity index (χ3v) is 5.14. The van der Waals surface area contributed by atoms with Crippen molar-refractivity contribution in [1.29, 1.82) is 0 Å². The highest BCUT2D eigenvalue weighted by Crippen LogP contribution is 2.21. The minimum Gasteiger partial charge on any atom is -0.340 e. The van der Waals surface area contributed by atoms with Crippen LogP contribution in [-0.4, -0.2) is 56.3 Å². The maximum Gasteiger partial charge on any atom is 0.332 e. The van der Waals surface area contributed by atoms with Gasteiger partial charge in [0.15, 0.2) is 11.2 Å². The minimum atomic E-state index is -0.376. The van der Waals surface area contributed by atoms with E-state index in [1.54, 1.807) is 14.0 Å². The number of fused-ring (bicyclic) bond motifs is 1. The van der Waals surface area contributed by atoms with Gasteiger partial charge < -0.3 is 14.4 Å². The van der Waals surface area contributed by atoms with Crippen molar-refractivity contribution in [3.8, 4) is 0 Å². The van der Waals surface area contributed by atoms with E-state index in [0.29, 0.717) is 28.7 Å². The molecule has 3 rings (SSSR count). The Morgan fingerprint density at radius 2 is 1.81 bits per heavy atom. The van der Waals surface area contributed by atoms with Crippen LogP contribution in [0.4, 0.5) is 5.95 Å². The number of hydrogen-bond acceptors (Lipinski definition) is 5. The first-order valence-corrected chi connectivity index (χ1v) is 9.18. The van der Waals surface area contributed by atoms with Gasteiger partial charge in [-0.05, 0) is 13.5 Å². The van der Waals surface area contributed by atoms with Gasteiger partial charge in [-0.3, -0.25) is 13.9 Å². The molecule has 0 atom stereocenters. The molecule has 26 heavy (non-hydrogen) atoms. The summed E-state index contributed by atoms with van der Waals surface area (Å²) in [6.07, 6.45) is 1.85. The van der Waals surface area contributed by atoms with Crippen LogP contribution < -0.4 is 16.1 Å². The molecule has 2 aromatic rings. The molecular formula is C17H25ClN6O2. The molecular weight excluding hydrogens is 356 g/mol. The van der Waals surface area contributed by atoms with E-state index >= 15 is 0 Å². The highest BCUT2D eigenvalue weighted by atomic mass is 35.5. The fourth-order valence-electron chi connectivity index (χ4n) is 3.33. The number of piperazine rings is 1. The van der Waals surface area contributed by atoms with Crippen LogP contribution in [0.2, 0.25) is 0 Å². The van der Waals surface area contributed by atoms with E-state index in [2.05, 4.69) is 21.7 Å². The number of hydrogen-bond donors (Lipinski definition) is 0. The Morgan fingerprint density at radius 3 is 2.38 bits per heavy atom. The number of nitrogens with zero attached hydrogens (tertiary/aromatic N) is 6. The molecule has 0 amide bonds. The van der Waals surface area contributed by atoms with Gasteiger partial charge in [-0.15, -0.1) is 0 Å². The molecule has 142 valence electrons. The predicted molar refractivity (Wildman–Crippen MR) is 104 cm³/mol. The molecule has 0 radical (unpaired) electrons. The van der Waals surface area contributed by atoms with Crippen LogP contribution in [0.5, 0.6) is 0 Å². The van der Waals surface area contributed by atoms with Crippen molar-refractivity contribution in [3.05, 3.63) is 31.9 Å². The van der Waals surface area contributed by atoms with Crippen LogP contribution in [0.1, 0.15) is 13.8 Å². The van der Waals surface area contributed by atoms with E-state index in [9.17, 15) is 9.59 Å². The number of aromatic nitrogens is 4. The lowest BCUT2D eigenvalue weighted by molar-refractivity contribution is 0.269. The van der Waals surface area contributed by atoms with Crippen LogP contribution in [-0.2, 0) is 20.6 Å². The monoisotopic (exact) mass is 380 g/mol. The first-order chi connectivity index (χ1) is 12.3. The average Bonchev–Trinajstić information content (AvgIpc) is 3.02. The summed E-state index contributed by atoms with van der Waals surface area (Å²) < 4.78 is 4.41. The van der Waals surface area contributed by atoms with Gasteiger partial charge in [0.2, 0.25) is 5.95 Å². The van der Waals surface area contributed by atoms with Crippen molar-refractivity contribution < 1.29 is 0 Å². The second-order valence-electron chi connectivity index (χ2n) is 6.61. The van der Waals surface area contributed by atoms with E-state index in [1.807, 2.05) is 10.6 Å². The summed E-state index contributed by atoms with van der Waals surface area (Å²) in [4.78, 5) is 34.3. The van der Waals surface area contributed by atoms with Gasteiger partial charge in [-0.1, -0.05) is 24.6 Å². The SMILES string of the molecule is CCN1CCN(c2nc3c(c(=O)n(C)c(=O)n3C)n2CC=C(C)Cl)CC1. The number of halogens is 1. The maximum atomic E-state index is 12.8. The number of likely N-dealkylation sites (N-methyl/N-ethyl adjacent to an activating group) is 1. The summed E-state index contributed by atoms with van der Waals surface area (Å²) in [6.45, 7) is 8.95. The standard InChI is InChI=1S/C17H25ClN6O2/c1-5-22-8-10-23(11-9-22)16-19-14-13(24(16)7-6-12(2)18)15(25)21(4)17(26)20(14)3/h6H,5,7-11H2,1-4H3. The van der Waals surface area contributed by atoms with Crippen LogP contribution >= 0.6 is 11.6 Å². The van der Waals surface area contributed by atoms with Crippen molar-refractivity contribution in [2.75, 3.05) is 37.6 Å². The summed E-state index contributed by atoms with van der Waals surface area (Å²) in [5.41, 5.74) is 0.122. The van der Waals surface area contributed by atoms with Gasteiger partial charge in [0, 0.05) is 51.9 Å². The normalized spacial score (nSPS) is 16.7. The summed E-state index contributed by atoms with van der Waals surface area (Å²) in [7, 11) is 3.13. The zero-order chi connectivity index (χ0) is 19.0. The highest BCUT2D eigenvalue weighted by molar-refractivity contribution is 6.29. The Hall–Kier alpha value is -2.06. The first kappa shape index (κ1) is 18.7. The second kappa shape index (κ2) is 7.28. The van der Waals surface area contributed by atoms with Gasteiger partial charge in [-0.25, -0.2) is 4.79 Å². The lowest BCUT2D eigenvalue weighted by atomic mass is 10.3. The fraction of sp³-hybridized carbons (Fsp3) is 0.588. The number of anilines is 1. The summed E-state index contributed by atoms with van der Waals surface area (Å²) in [5, 5.41) is 0.648. The van der Waals surface area contributed by atoms with E-state index in [4.69, 9.17) is 11.6 Å². The van der Waals surface area contributed by atoms with Crippen molar-refractivity contribution >= 4 is 28.7 Å². The molecule has 1 saturated heterocycles. The highest BCUT2D eigenvalue weighted by Gasteiger charge is 2.24. The quantitative estimate of drug-likeness (QED) is 0.781. The fourth-order valence-corrected chi connectivity index (χ4v) is 3.40. The zero-order valence-corrected chi connectivity index (χ0v) is 16.5. The Bertz CT molecular complexity index is 958. The van der Waals surface area contributed by atoms with Crippen LogP contribution in [0.25, 0.3) is 11.2 Å². The first-order valence-electron chi connectivity index (χ1n) is 8.81. The van der Waals surface area contributed by atoms with Crippen LogP contribution in [0.3, 0.4) is 0 Å². The van der Waals surface area contributed by atoms with Gasteiger partial charge in [0.1, 0.15) is 0 Å². The van der Waals surface area contributed by atoms with Crippen molar-refractivity contribution in [1.82, 2.24) is 23.6 Å². The molecule has 1 aliphatic rings. The Kier molecular flexibility index (Phi) is 5.24. The molecule has 1 fully saturated rings. The number of aryl methyl sites for hydroxylation is 1. The average molecular weight is 381 g/mol. The minimum absolute atomic E-state index is 0.338. The van der Waals surface area contributed by atoms with Crippen LogP contribution in [0.15, 0.2) is 20.7 Å². The third-order valence-electron chi connectivity index (χ3n) is 4.99. The van der Waals surface area contributed by atoms with Gasteiger partial charge in [0.05, 0.1) is 0 Å². The molecule has 9 heteroatoms. The molecule has 0 saturated carbocycles. The molecule has 0 spiro atoms. The number of imidazole rings is 1. The molecule has 2 aromatic heterocycles. The van der Waals surface area contributed by atoms with E-state index in [-0.39, 0.29) is 11.2 Å². The van der Waals surface area contributed by atoms with E-state index < -0.39 is 0 Å². The van der Waals surface area contributed by atoms with Crippen molar-refractivity contribution in [2.45, 2.75) is 20.4 Å². The van der Waals surface area contributed by atoms with Crippen LogP contribution in [0, 0.1) is 0 Å². The summed E-state index contributed by atoms with van der Waals surface area (Å²) >= 11 is 6.02. The number of allylic oxidation sites excluding steroid dienone is 2. The lowest BCUT2D eigenvalue weighted by Gasteiger charge is -2.34. The van der Waals surface area contributed by atoms with Gasteiger partial charge in [0.25, 0.3) is 5.56 Å². The molecule has 1 aliphatic heterocycles. The Morgan fingerprint density at radius 1 is 1.15 bits per heavy atom. The lowest BCUT2D eigenvalue weighted by Crippen LogP contribution is -2.47. The second-order valence-corrected chi connectivity index (χ2v) is 7.21. The topological polar surface area (TPSA) is 68.3 Å². The number of rotatable bonds is 4. The van der Waals surface area contributed by atoms with E-state index in [0.717, 1.165) is 37.3 Å². The molecule has 0 aliphatic carbocycles. The summed E-state index contributed by atoms with van der Waals surface area (Å²) in [6, 6.07) is 0. The van der Waals surface area contributed by atoms with Gasteiger partial charge >= 0.3 is 5.69 Å². The Balaban J connectivity index is 2.19. The van der Waals surface area contributed by atoms with Crippen molar-refractivity contribution in [2.24, 2.45) is 14.1 Å². The molecule has 8 nitrogen and oxygen atoms in total. The van der Waals surface area contributed by atoms with Gasteiger partial charge in [-0.2, -0.15) is 4.98 Å². The zero-order valence-electron chi connectivity index (χ0n) is 15.7. The van der Waals surface area contributed by atoms with Crippen molar-refractivity contribution in [3.63, 3.8) is 0 Å². The molecule has 3 heterocycles.